The lowest BCUT2D eigenvalue weighted by Crippen LogP contribution is -2.15. The third kappa shape index (κ3) is 7.58. The molecule has 2 nitrogen and oxygen atoms in total. The van der Waals surface area contributed by atoms with E-state index in [1.54, 1.807) is 7.11 Å². The molecule has 0 aliphatic heterocycles. The zero-order valence-electron chi connectivity index (χ0n) is 14.3. The lowest BCUT2D eigenvalue weighted by atomic mass is 10.0. The van der Waals surface area contributed by atoms with E-state index in [1.807, 2.05) is 13.0 Å². The van der Waals surface area contributed by atoms with Gasteiger partial charge in [0.05, 0.1) is 12.7 Å². The average molecular weight is 302 g/mol. The van der Waals surface area contributed by atoms with Crippen LogP contribution in [0.2, 0.25) is 0 Å². The van der Waals surface area contributed by atoms with Gasteiger partial charge in [0.2, 0.25) is 0 Å². The maximum atomic E-state index is 5.67. The zero-order chi connectivity index (χ0) is 16.2. The van der Waals surface area contributed by atoms with Crippen molar-refractivity contribution in [3.63, 3.8) is 0 Å². The number of hydrogen-bond acceptors (Lipinski definition) is 2. The molecular weight excluding hydrogens is 272 g/mol. The molecule has 0 aliphatic carbocycles. The van der Waals surface area contributed by atoms with Crippen LogP contribution in [0.3, 0.4) is 0 Å². The maximum absolute atomic E-state index is 5.67. The molecule has 0 amide bonds. The minimum atomic E-state index is 0.190. The Morgan fingerprint density at radius 2 is 2.00 bits per heavy atom. The van der Waals surface area contributed by atoms with Crippen molar-refractivity contribution in [2.24, 2.45) is 0 Å². The molecule has 0 N–H and O–H groups in total. The van der Waals surface area contributed by atoms with Gasteiger partial charge < -0.3 is 9.47 Å². The quantitative estimate of drug-likeness (QED) is 0.414. The van der Waals surface area contributed by atoms with Crippen LogP contribution in [-0.4, -0.2) is 26.4 Å². The van der Waals surface area contributed by atoms with Gasteiger partial charge in [0.15, 0.2) is 0 Å². The Kier molecular flexibility index (Phi) is 9.52. The highest BCUT2D eigenvalue weighted by Crippen LogP contribution is 2.17. The van der Waals surface area contributed by atoms with Crippen LogP contribution in [-0.2, 0) is 9.47 Å². The van der Waals surface area contributed by atoms with Gasteiger partial charge in [-0.15, -0.1) is 0 Å². The van der Waals surface area contributed by atoms with Gasteiger partial charge in [-0.2, -0.15) is 0 Å². The minimum absolute atomic E-state index is 0.190. The van der Waals surface area contributed by atoms with Crippen molar-refractivity contribution in [1.82, 2.24) is 0 Å². The van der Waals surface area contributed by atoms with Gasteiger partial charge >= 0.3 is 0 Å². The first-order valence-corrected chi connectivity index (χ1v) is 8.16. The molecule has 0 fully saturated rings. The standard InChI is InChI=1S/C20H30O2/c1-5-19(15-20-13-9-8-11-17(20)2)12-7-6-10-14-22-18(3)16-21-4/h5,8-9,11,13,15,18H,1,6-7,10,12,14,16H2,2-4H3/b19-15+. The molecule has 0 saturated carbocycles. The summed E-state index contributed by atoms with van der Waals surface area (Å²) < 4.78 is 10.7. The van der Waals surface area contributed by atoms with Crippen molar-refractivity contribution in [3.8, 4) is 0 Å². The van der Waals surface area contributed by atoms with Crippen LogP contribution >= 0.6 is 0 Å². The first-order valence-electron chi connectivity index (χ1n) is 8.16. The summed E-state index contributed by atoms with van der Waals surface area (Å²) in [6.45, 7) is 9.61. The van der Waals surface area contributed by atoms with E-state index in [9.17, 15) is 0 Å². The van der Waals surface area contributed by atoms with Gasteiger partial charge in [0.25, 0.3) is 0 Å². The van der Waals surface area contributed by atoms with Crippen LogP contribution < -0.4 is 0 Å². The Balaban J connectivity index is 2.27. The molecule has 0 heterocycles. The summed E-state index contributed by atoms with van der Waals surface area (Å²) in [6.07, 6.45) is 8.94. The van der Waals surface area contributed by atoms with Crippen LogP contribution in [0.1, 0.15) is 43.7 Å². The van der Waals surface area contributed by atoms with Crippen molar-refractivity contribution >= 4 is 6.08 Å². The summed E-state index contributed by atoms with van der Waals surface area (Å²) >= 11 is 0. The Labute approximate surface area is 135 Å². The summed E-state index contributed by atoms with van der Waals surface area (Å²) in [6, 6.07) is 8.46. The number of benzene rings is 1. The molecule has 0 radical (unpaired) electrons. The SMILES string of the molecule is C=C/C(=C\c1ccccc1C)CCCCCOC(C)COC. The lowest BCUT2D eigenvalue weighted by molar-refractivity contribution is 0.00768. The highest BCUT2D eigenvalue weighted by molar-refractivity contribution is 5.58. The summed E-state index contributed by atoms with van der Waals surface area (Å²) in [5, 5.41) is 0. The van der Waals surface area contributed by atoms with Crippen molar-refractivity contribution in [2.75, 3.05) is 20.3 Å². The van der Waals surface area contributed by atoms with E-state index < -0.39 is 0 Å². The fourth-order valence-electron chi connectivity index (χ4n) is 2.36. The zero-order valence-corrected chi connectivity index (χ0v) is 14.3. The molecule has 0 saturated heterocycles. The molecule has 0 bridgehead atoms. The Morgan fingerprint density at radius 3 is 2.68 bits per heavy atom. The van der Waals surface area contributed by atoms with E-state index in [0.29, 0.717) is 6.61 Å². The Hall–Kier alpha value is -1.38. The maximum Gasteiger partial charge on any atom is 0.0780 e. The van der Waals surface area contributed by atoms with Gasteiger partial charge in [-0.1, -0.05) is 49.4 Å². The van der Waals surface area contributed by atoms with Gasteiger partial charge in [-0.25, -0.2) is 0 Å². The van der Waals surface area contributed by atoms with Crippen LogP contribution in [0.15, 0.2) is 42.5 Å². The molecule has 0 aromatic heterocycles. The second kappa shape index (κ2) is 11.2. The largest absolute Gasteiger partial charge is 0.382 e. The molecule has 0 aliphatic rings. The summed E-state index contributed by atoms with van der Waals surface area (Å²) in [4.78, 5) is 0. The van der Waals surface area contributed by atoms with Crippen molar-refractivity contribution in [1.29, 1.82) is 0 Å². The molecular formula is C20H30O2. The number of aryl methyl sites for hydroxylation is 1. The molecule has 1 aromatic carbocycles. The highest BCUT2D eigenvalue weighted by atomic mass is 16.5. The van der Waals surface area contributed by atoms with Gasteiger partial charge in [-0.05, 0) is 49.8 Å². The van der Waals surface area contributed by atoms with Crippen molar-refractivity contribution in [3.05, 3.63) is 53.6 Å². The summed E-state index contributed by atoms with van der Waals surface area (Å²) in [5.74, 6) is 0. The summed E-state index contributed by atoms with van der Waals surface area (Å²) in [5.41, 5.74) is 3.90. The van der Waals surface area contributed by atoms with E-state index in [-0.39, 0.29) is 6.10 Å². The Morgan fingerprint density at radius 1 is 1.23 bits per heavy atom. The van der Waals surface area contributed by atoms with E-state index in [2.05, 4.69) is 43.8 Å². The highest BCUT2D eigenvalue weighted by Gasteiger charge is 2.01. The smallest absolute Gasteiger partial charge is 0.0780 e. The molecule has 1 aromatic rings. The minimum Gasteiger partial charge on any atom is -0.382 e. The van der Waals surface area contributed by atoms with Crippen LogP contribution in [0, 0.1) is 6.92 Å². The molecule has 122 valence electrons. The molecule has 0 spiro atoms. The second-order valence-corrected chi connectivity index (χ2v) is 5.73. The van der Waals surface area contributed by atoms with E-state index in [4.69, 9.17) is 9.47 Å². The van der Waals surface area contributed by atoms with Gasteiger partial charge in [0, 0.05) is 13.7 Å². The van der Waals surface area contributed by atoms with Crippen LogP contribution in [0.4, 0.5) is 0 Å². The Bertz CT molecular complexity index is 463. The average Bonchev–Trinajstić information content (AvgIpc) is 2.51. The fraction of sp³-hybridized carbons (Fsp3) is 0.500. The summed E-state index contributed by atoms with van der Waals surface area (Å²) in [7, 11) is 1.71. The number of methoxy groups -OCH3 is 1. The van der Waals surface area contributed by atoms with E-state index in [0.717, 1.165) is 19.4 Å². The van der Waals surface area contributed by atoms with E-state index in [1.165, 1.54) is 29.5 Å². The third-order valence-corrected chi connectivity index (χ3v) is 3.71. The normalized spacial score (nSPS) is 13.1. The third-order valence-electron chi connectivity index (χ3n) is 3.71. The predicted octanol–water partition coefficient (Wildman–Crippen LogP) is 5.18. The number of rotatable bonds is 11. The molecule has 1 rings (SSSR count). The van der Waals surface area contributed by atoms with Gasteiger partial charge in [-0.3, -0.25) is 0 Å². The lowest BCUT2D eigenvalue weighted by Gasteiger charge is -2.11. The number of ether oxygens (including phenoxy) is 2. The predicted molar refractivity (Wildman–Crippen MR) is 95.1 cm³/mol. The molecule has 1 atom stereocenters. The van der Waals surface area contributed by atoms with Gasteiger partial charge in [0.1, 0.15) is 0 Å². The first kappa shape index (κ1) is 18.7. The fourth-order valence-corrected chi connectivity index (χ4v) is 2.36. The first-order chi connectivity index (χ1) is 10.7. The second-order valence-electron chi connectivity index (χ2n) is 5.73. The van der Waals surface area contributed by atoms with Crippen LogP contribution in [0.25, 0.3) is 6.08 Å². The molecule has 2 heteroatoms. The van der Waals surface area contributed by atoms with Crippen LogP contribution in [0.5, 0.6) is 0 Å². The topological polar surface area (TPSA) is 18.5 Å². The number of unbranched alkanes of at least 4 members (excludes halogenated alkanes) is 2. The monoisotopic (exact) mass is 302 g/mol. The molecule has 22 heavy (non-hydrogen) atoms. The number of allylic oxidation sites excluding steroid dienone is 2. The molecule has 1 unspecified atom stereocenters. The van der Waals surface area contributed by atoms with E-state index >= 15 is 0 Å². The number of hydrogen-bond donors (Lipinski definition) is 0. The van der Waals surface area contributed by atoms with Crippen molar-refractivity contribution < 1.29 is 9.47 Å². The van der Waals surface area contributed by atoms with Crippen molar-refractivity contribution in [2.45, 2.75) is 45.6 Å².